The van der Waals surface area contributed by atoms with E-state index in [0.717, 1.165) is 6.04 Å². The van der Waals surface area contributed by atoms with Crippen LogP contribution in [0.4, 0.5) is 0 Å². The van der Waals surface area contributed by atoms with Crippen molar-refractivity contribution in [3.63, 3.8) is 0 Å². The summed E-state index contributed by atoms with van der Waals surface area (Å²) in [5.74, 6) is 0. The number of hydrogen-bond donors (Lipinski definition) is 1. The normalized spacial score (nSPS) is 39.2. The Morgan fingerprint density at radius 2 is 2.06 bits per heavy atom. The lowest BCUT2D eigenvalue weighted by atomic mass is 9.91. The van der Waals surface area contributed by atoms with E-state index >= 15 is 0 Å². The van der Waals surface area contributed by atoms with E-state index in [1.54, 1.807) is 0 Å². The molecule has 0 spiro atoms. The van der Waals surface area contributed by atoms with Gasteiger partial charge in [0.2, 0.25) is 0 Å². The molecule has 2 aliphatic rings. The Balaban J connectivity index is 2.00. The van der Waals surface area contributed by atoms with Gasteiger partial charge >= 0.3 is 0 Å². The van der Waals surface area contributed by atoms with E-state index in [1.165, 1.54) is 51.7 Å². The predicted octanol–water partition coefficient (Wildman–Crippen LogP) is 3.03. The molecule has 1 aliphatic heterocycles. The van der Waals surface area contributed by atoms with Crippen LogP contribution in [0.1, 0.15) is 59.8 Å². The number of rotatable bonds is 2. The molecule has 2 heteroatoms. The van der Waals surface area contributed by atoms with Crippen molar-refractivity contribution in [1.82, 2.24) is 10.2 Å². The average Bonchev–Trinajstić information content (AvgIpc) is 2.52. The molecule has 0 radical (unpaired) electrons. The highest BCUT2D eigenvalue weighted by atomic mass is 15.2. The topological polar surface area (TPSA) is 15.3 Å². The maximum absolute atomic E-state index is 3.74. The number of nitrogens with one attached hydrogen (secondary N) is 1. The van der Waals surface area contributed by atoms with Gasteiger partial charge in [-0.3, -0.25) is 4.90 Å². The molecular weight excluding hydrogens is 208 g/mol. The van der Waals surface area contributed by atoms with E-state index < -0.39 is 0 Å². The summed E-state index contributed by atoms with van der Waals surface area (Å²) in [5, 5.41) is 3.74. The van der Waals surface area contributed by atoms with Crippen molar-refractivity contribution in [2.24, 2.45) is 5.41 Å². The molecule has 2 nitrogen and oxygen atoms in total. The first-order valence-electron chi connectivity index (χ1n) is 7.43. The smallest absolute Gasteiger partial charge is 0.0277 e. The first kappa shape index (κ1) is 13.4. The van der Waals surface area contributed by atoms with Crippen molar-refractivity contribution in [2.75, 3.05) is 19.6 Å². The van der Waals surface area contributed by atoms with E-state index in [9.17, 15) is 0 Å². The molecule has 1 heterocycles. The minimum absolute atomic E-state index is 0.337. The molecule has 0 amide bonds. The molecule has 1 saturated heterocycles. The van der Waals surface area contributed by atoms with Crippen molar-refractivity contribution in [2.45, 2.75) is 71.4 Å². The fourth-order valence-electron chi connectivity index (χ4n) is 3.51. The van der Waals surface area contributed by atoms with Gasteiger partial charge in [0.25, 0.3) is 0 Å². The molecule has 0 aromatic carbocycles. The van der Waals surface area contributed by atoms with Crippen LogP contribution >= 0.6 is 0 Å². The highest BCUT2D eigenvalue weighted by molar-refractivity contribution is 4.94. The van der Waals surface area contributed by atoms with Crippen LogP contribution in [0.2, 0.25) is 0 Å². The van der Waals surface area contributed by atoms with Gasteiger partial charge in [-0.1, -0.05) is 20.8 Å². The predicted molar refractivity (Wildman–Crippen MR) is 74.3 cm³/mol. The second kappa shape index (κ2) is 4.89. The van der Waals surface area contributed by atoms with Gasteiger partial charge in [0.05, 0.1) is 0 Å². The van der Waals surface area contributed by atoms with Gasteiger partial charge in [-0.05, 0) is 57.5 Å². The van der Waals surface area contributed by atoms with Gasteiger partial charge in [-0.25, -0.2) is 0 Å². The Labute approximate surface area is 107 Å². The lowest BCUT2D eigenvalue weighted by Crippen LogP contribution is -2.50. The Morgan fingerprint density at radius 3 is 2.65 bits per heavy atom. The van der Waals surface area contributed by atoms with E-state index in [0.29, 0.717) is 11.0 Å². The quantitative estimate of drug-likeness (QED) is 0.795. The van der Waals surface area contributed by atoms with E-state index in [2.05, 4.69) is 37.9 Å². The van der Waals surface area contributed by atoms with Gasteiger partial charge < -0.3 is 5.32 Å². The van der Waals surface area contributed by atoms with Gasteiger partial charge in [0.1, 0.15) is 0 Å². The summed E-state index contributed by atoms with van der Waals surface area (Å²) >= 11 is 0. The average molecular weight is 238 g/mol. The molecule has 1 N–H and O–H groups in total. The van der Waals surface area contributed by atoms with Crippen molar-refractivity contribution in [3.8, 4) is 0 Å². The second-order valence-electron chi connectivity index (χ2n) is 7.23. The molecule has 100 valence electrons. The summed E-state index contributed by atoms with van der Waals surface area (Å²) < 4.78 is 0. The SMILES string of the molecule is CCC1(C)CN(C2CCC(C)(C)C2)CCCN1. The van der Waals surface area contributed by atoms with Gasteiger partial charge in [-0.15, -0.1) is 0 Å². The van der Waals surface area contributed by atoms with Crippen molar-refractivity contribution in [1.29, 1.82) is 0 Å². The third kappa shape index (κ3) is 3.23. The first-order chi connectivity index (χ1) is 7.94. The summed E-state index contributed by atoms with van der Waals surface area (Å²) in [4.78, 5) is 2.78. The van der Waals surface area contributed by atoms with E-state index in [-0.39, 0.29) is 0 Å². The zero-order valence-electron chi connectivity index (χ0n) is 12.2. The summed E-state index contributed by atoms with van der Waals surface area (Å²) in [5.41, 5.74) is 0.913. The Bertz CT molecular complexity index is 262. The van der Waals surface area contributed by atoms with Crippen LogP contribution in [0.3, 0.4) is 0 Å². The first-order valence-corrected chi connectivity index (χ1v) is 7.43. The fourth-order valence-corrected chi connectivity index (χ4v) is 3.51. The Hall–Kier alpha value is -0.0800. The fraction of sp³-hybridized carbons (Fsp3) is 1.00. The van der Waals surface area contributed by atoms with E-state index in [1.807, 2.05) is 0 Å². The van der Waals surface area contributed by atoms with Gasteiger partial charge in [0.15, 0.2) is 0 Å². The van der Waals surface area contributed by atoms with Crippen molar-refractivity contribution in [3.05, 3.63) is 0 Å². The molecule has 0 aromatic heterocycles. The standard InChI is InChI=1S/C15H30N2/c1-5-15(4)12-17(10-6-9-16-15)13-7-8-14(2,3)11-13/h13,16H,5-12H2,1-4H3. The molecule has 1 saturated carbocycles. The number of hydrogen-bond acceptors (Lipinski definition) is 2. The number of nitrogens with zero attached hydrogens (tertiary/aromatic N) is 1. The van der Waals surface area contributed by atoms with E-state index in [4.69, 9.17) is 0 Å². The zero-order chi connectivity index (χ0) is 12.5. The second-order valence-corrected chi connectivity index (χ2v) is 7.23. The molecule has 0 aromatic rings. The van der Waals surface area contributed by atoms with Crippen LogP contribution in [-0.2, 0) is 0 Å². The summed E-state index contributed by atoms with van der Waals surface area (Å²) in [6, 6.07) is 0.843. The minimum atomic E-state index is 0.337. The Kier molecular flexibility index (Phi) is 3.84. The molecule has 2 fully saturated rings. The van der Waals surface area contributed by atoms with Crippen molar-refractivity contribution < 1.29 is 0 Å². The van der Waals surface area contributed by atoms with Gasteiger partial charge in [0, 0.05) is 18.1 Å². The molecule has 2 unspecified atom stereocenters. The summed E-state index contributed by atoms with van der Waals surface area (Å²) in [7, 11) is 0. The van der Waals surface area contributed by atoms with Crippen LogP contribution in [0.5, 0.6) is 0 Å². The zero-order valence-corrected chi connectivity index (χ0v) is 12.2. The minimum Gasteiger partial charge on any atom is -0.310 e. The van der Waals surface area contributed by atoms with Crippen LogP contribution in [-0.4, -0.2) is 36.1 Å². The third-order valence-corrected chi connectivity index (χ3v) is 4.97. The van der Waals surface area contributed by atoms with Gasteiger partial charge in [-0.2, -0.15) is 0 Å². The maximum atomic E-state index is 3.74. The highest BCUT2D eigenvalue weighted by Gasteiger charge is 2.37. The largest absolute Gasteiger partial charge is 0.310 e. The molecular formula is C15H30N2. The highest BCUT2D eigenvalue weighted by Crippen LogP contribution is 2.40. The van der Waals surface area contributed by atoms with Crippen LogP contribution in [0.15, 0.2) is 0 Å². The van der Waals surface area contributed by atoms with Crippen molar-refractivity contribution >= 4 is 0 Å². The summed E-state index contributed by atoms with van der Waals surface area (Å²) in [6.07, 6.45) is 6.76. The van der Waals surface area contributed by atoms with Crippen LogP contribution < -0.4 is 5.32 Å². The summed E-state index contributed by atoms with van der Waals surface area (Å²) in [6.45, 7) is 13.3. The molecule has 17 heavy (non-hydrogen) atoms. The third-order valence-electron chi connectivity index (χ3n) is 4.97. The van der Waals surface area contributed by atoms with Crippen LogP contribution in [0.25, 0.3) is 0 Å². The molecule has 1 aliphatic carbocycles. The molecule has 2 atom stereocenters. The molecule has 2 rings (SSSR count). The maximum Gasteiger partial charge on any atom is 0.0277 e. The monoisotopic (exact) mass is 238 g/mol. The lowest BCUT2D eigenvalue weighted by Gasteiger charge is -2.36. The Morgan fingerprint density at radius 1 is 1.29 bits per heavy atom. The molecule has 0 bridgehead atoms. The van der Waals surface area contributed by atoms with Crippen LogP contribution in [0, 0.1) is 5.41 Å². The lowest BCUT2D eigenvalue weighted by molar-refractivity contribution is 0.153.